The van der Waals surface area contributed by atoms with Gasteiger partial charge in [0.25, 0.3) is 0 Å². The van der Waals surface area contributed by atoms with Crippen LogP contribution in [-0.4, -0.2) is 35.3 Å². The summed E-state index contributed by atoms with van der Waals surface area (Å²) in [5, 5.41) is 7.19. The van der Waals surface area contributed by atoms with Crippen molar-refractivity contribution in [3.8, 4) is 28.6 Å². The first-order valence-corrected chi connectivity index (χ1v) is 28.3. The summed E-state index contributed by atoms with van der Waals surface area (Å²) in [4.78, 5) is 9.67. The number of benzene rings is 7. The van der Waals surface area contributed by atoms with Gasteiger partial charge in [-0.15, -0.1) is 12.0 Å². The van der Waals surface area contributed by atoms with Crippen LogP contribution >= 0.6 is 0 Å². The van der Waals surface area contributed by atoms with E-state index in [1.165, 1.54) is 16.7 Å². The van der Waals surface area contributed by atoms with Crippen molar-refractivity contribution in [1.82, 2.24) is 24.8 Å². The van der Waals surface area contributed by atoms with Crippen molar-refractivity contribution < 1.29 is 14.3 Å². The van der Waals surface area contributed by atoms with Gasteiger partial charge in [0.05, 0.1) is 44.6 Å². The summed E-state index contributed by atoms with van der Waals surface area (Å²) >= 11 is 0. The molecule has 0 saturated carbocycles. The SMILES string of the molecule is [2H]c1c([2H])c([2H])c2c(c1[2H])c1ccc(Oc3cc(-c4c(C(C)(C)C)cc(C(C)(C)C)cc4C(C)(C)C)cc(N4CN(c5c(/C6=C/C=C\N/C=C\C=C/[B]6)cccc5/C5=C/C=C\N/C=C\C=C/[B]5)c5ccccc54)c3)cc1n2-c1nc2ccccc2n1C([2H])([2H])[2H]. The topological polar surface area (TPSA) is 62.5 Å². The molecule has 410 valence electrons. The third-order valence-electron chi connectivity index (χ3n) is 15.5. The van der Waals surface area contributed by atoms with E-state index in [9.17, 15) is 2.74 Å². The van der Waals surface area contributed by atoms with Crippen LogP contribution in [0.15, 0.2) is 225 Å². The normalized spacial score (nSPS) is 19.7. The number of hydrogen-bond acceptors (Lipinski definition) is 6. The molecule has 2 N–H and O–H groups in total. The van der Waals surface area contributed by atoms with Gasteiger partial charge >= 0.3 is 0 Å². The molecule has 10 heteroatoms. The van der Waals surface area contributed by atoms with E-state index in [0.717, 1.165) is 60.5 Å². The highest BCUT2D eigenvalue weighted by Gasteiger charge is 2.35. The minimum absolute atomic E-state index is 0.0266. The molecule has 83 heavy (non-hydrogen) atoms. The number of imidazole rings is 1. The number of nitrogens with zero attached hydrogens (tertiary/aromatic N) is 5. The molecule has 3 aliphatic heterocycles. The van der Waals surface area contributed by atoms with E-state index in [1.807, 2.05) is 61.3 Å². The summed E-state index contributed by atoms with van der Waals surface area (Å²) in [5.41, 5.74) is 14.1. The van der Waals surface area contributed by atoms with E-state index in [1.54, 1.807) is 47.0 Å². The lowest BCUT2D eigenvalue weighted by atomic mass is 9.63. The van der Waals surface area contributed by atoms with Crippen molar-refractivity contribution in [3.63, 3.8) is 0 Å². The zero-order valence-electron chi connectivity index (χ0n) is 55.6. The number of fused-ring (bicyclic) bond motifs is 5. The van der Waals surface area contributed by atoms with Crippen molar-refractivity contribution in [2.45, 2.75) is 78.6 Å². The van der Waals surface area contributed by atoms with Crippen molar-refractivity contribution in [2.75, 3.05) is 16.5 Å². The van der Waals surface area contributed by atoms with Crippen LogP contribution in [0.4, 0.5) is 22.7 Å². The van der Waals surface area contributed by atoms with Gasteiger partial charge in [0, 0.05) is 64.5 Å². The molecule has 0 saturated heterocycles. The smallest absolute Gasteiger partial charge is 0.215 e. The van der Waals surface area contributed by atoms with Crippen LogP contribution in [0.5, 0.6) is 11.5 Å². The average Bonchev–Trinajstić information content (AvgIpc) is 1.51. The Hall–Kier alpha value is -9.14. The Balaban J connectivity index is 1.10. The van der Waals surface area contributed by atoms with E-state index in [-0.39, 0.29) is 45.2 Å². The fourth-order valence-corrected chi connectivity index (χ4v) is 11.4. The number of hydrogen-bond donors (Lipinski definition) is 2. The molecule has 12 rings (SSSR count). The van der Waals surface area contributed by atoms with Crippen LogP contribution in [0.25, 0.3) is 60.9 Å². The lowest BCUT2D eigenvalue weighted by Gasteiger charge is -2.34. The maximum Gasteiger partial charge on any atom is 0.215 e. The van der Waals surface area contributed by atoms with Crippen LogP contribution in [0, 0.1) is 0 Å². The summed E-state index contributed by atoms with van der Waals surface area (Å²) < 4.78 is 72.9. The molecular formula is C73H71B2N7O. The van der Waals surface area contributed by atoms with Gasteiger partial charge in [0.2, 0.25) is 5.95 Å². The highest BCUT2D eigenvalue weighted by molar-refractivity contribution is 6.67. The molecule has 0 fully saturated rings. The zero-order valence-corrected chi connectivity index (χ0v) is 48.6. The molecule has 7 aromatic carbocycles. The lowest BCUT2D eigenvalue weighted by Crippen LogP contribution is -2.26. The van der Waals surface area contributed by atoms with Crippen molar-refractivity contribution in [1.29, 1.82) is 0 Å². The summed E-state index contributed by atoms with van der Waals surface area (Å²) in [6.45, 7) is 18.1. The molecule has 0 amide bonds. The van der Waals surface area contributed by atoms with E-state index < -0.39 is 19.1 Å². The van der Waals surface area contributed by atoms with Gasteiger partial charge in [-0.3, -0.25) is 4.57 Å². The number of rotatable bonds is 8. The second-order valence-corrected chi connectivity index (χ2v) is 24.3. The molecule has 5 heterocycles. The van der Waals surface area contributed by atoms with Crippen LogP contribution in [-0.2, 0) is 23.2 Å². The Kier molecular flexibility index (Phi) is 12.3. The fraction of sp³-hybridized carbons (Fsp3) is 0.192. The van der Waals surface area contributed by atoms with Crippen molar-refractivity contribution in [2.24, 2.45) is 6.98 Å². The fourth-order valence-electron chi connectivity index (χ4n) is 11.4. The quantitative estimate of drug-likeness (QED) is 0.148. The summed E-state index contributed by atoms with van der Waals surface area (Å²) in [7, 11) is 4.30. The second-order valence-electron chi connectivity index (χ2n) is 24.3. The molecule has 2 aromatic heterocycles. The van der Waals surface area contributed by atoms with Crippen LogP contribution in [0.1, 0.15) is 99.7 Å². The molecule has 3 aliphatic rings. The van der Waals surface area contributed by atoms with Gasteiger partial charge in [0.15, 0.2) is 14.6 Å². The average molecular weight is 1090 g/mol. The maximum absolute atomic E-state index is 9.38. The molecule has 0 spiro atoms. The van der Waals surface area contributed by atoms with Crippen LogP contribution < -0.4 is 25.2 Å². The number of anilines is 4. The molecule has 9 aromatic rings. The highest BCUT2D eigenvalue weighted by atomic mass is 16.5. The summed E-state index contributed by atoms with van der Waals surface area (Å²) in [6, 6.07) is 37.2. The van der Waals surface area contributed by atoms with Crippen molar-refractivity contribution in [3.05, 3.63) is 253 Å². The minimum atomic E-state index is -2.73. The summed E-state index contributed by atoms with van der Waals surface area (Å²) in [6.07, 6.45) is 23.9. The van der Waals surface area contributed by atoms with Gasteiger partial charge in [-0.1, -0.05) is 170 Å². The minimum Gasteiger partial charge on any atom is -0.457 e. The Bertz CT molecular complexity index is 4510. The van der Waals surface area contributed by atoms with Crippen LogP contribution in [0.2, 0.25) is 0 Å². The van der Waals surface area contributed by atoms with E-state index in [4.69, 9.17) is 16.6 Å². The predicted octanol–water partition coefficient (Wildman–Crippen LogP) is 17.6. The number of aromatic nitrogens is 3. The van der Waals surface area contributed by atoms with Gasteiger partial charge in [-0.2, -0.15) is 0 Å². The van der Waals surface area contributed by atoms with Crippen LogP contribution in [0.3, 0.4) is 0 Å². The number of aryl methyl sites for hydroxylation is 1. The molecule has 0 aliphatic carbocycles. The first-order chi connectivity index (χ1) is 42.9. The van der Waals surface area contributed by atoms with Crippen molar-refractivity contribution >= 4 is 81.1 Å². The Morgan fingerprint density at radius 1 is 0.566 bits per heavy atom. The first-order valence-electron chi connectivity index (χ1n) is 31.8. The second kappa shape index (κ2) is 22.0. The number of ether oxygens (including phenoxy) is 1. The molecular weight excluding hydrogens is 1010 g/mol. The number of allylic oxidation sites excluding steroid dienone is 8. The molecule has 0 unspecified atom stereocenters. The monoisotopic (exact) mass is 1090 g/mol. The van der Waals surface area contributed by atoms with E-state index in [2.05, 4.69) is 194 Å². The third-order valence-corrected chi connectivity index (χ3v) is 15.5. The van der Waals surface area contributed by atoms with Gasteiger partial charge < -0.3 is 29.7 Å². The Morgan fingerprint density at radius 2 is 1.19 bits per heavy atom. The summed E-state index contributed by atoms with van der Waals surface area (Å²) in [5.74, 6) is 5.00. The molecule has 0 bridgehead atoms. The molecule has 8 nitrogen and oxygen atoms in total. The predicted molar refractivity (Wildman–Crippen MR) is 354 cm³/mol. The number of nitrogens with one attached hydrogen (secondary N) is 2. The highest BCUT2D eigenvalue weighted by Crippen LogP contribution is 2.51. The largest absolute Gasteiger partial charge is 0.457 e. The standard InChI is InChI=1S/C73H71B2N7O/c1-71(2,3)50-44-58(72(4,5)6)68(59(45-50)73(7,8)9)49-42-51(46-53(43-49)83-52-34-35-55-54-24-11-13-30-63(54)82(67(55)47-52)70-78-62-29-12-14-31-64(62)79(70)10)80-48-81(66-33-16-15-32-65(66)80)69-56(60-27-22-40-76-38-19-17-36-74-60)25-21-26-57(69)61-28-23-41-77-39-20-18-37-75-61/h11-47,76-77H,48H2,1-10H3/b36-17-,37-18-,38-19-,39-20-,40-22-,41-23-,60-27-,61-28-/i10D3,11D,13D,24D,30D. The molecule has 0 atom stereocenters. The zero-order chi connectivity index (χ0) is 63.6. The number of para-hydroxylation sites is 6. The van der Waals surface area contributed by atoms with Gasteiger partial charge in [-0.25, -0.2) is 4.98 Å². The van der Waals surface area contributed by atoms with E-state index in [0.29, 0.717) is 40.1 Å². The van der Waals surface area contributed by atoms with Gasteiger partial charge in [0.1, 0.15) is 18.2 Å². The van der Waals surface area contributed by atoms with E-state index >= 15 is 0 Å². The van der Waals surface area contributed by atoms with Gasteiger partial charge in [-0.05, 0) is 134 Å². The Morgan fingerprint density at radius 3 is 1.84 bits per heavy atom. The Labute approximate surface area is 501 Å². The maximum atomic E-state index is 9.38. The first kappa shape index (κ1) is 46.5. The lowest BCUT2D eigenvalue weighted by molar-refractivity contribution is 0.483. The molecule has 2 radical (unpaired) electrons. The third kappa shape index (κ3) is 10.7.